The fourth-order valence-corrected chi connectivity index (χ4v) is 3.45. The molecule has 3 rings (SSSR count). The Balaban J connectivity index is 1.48. The van der Waals surface area contributed by atoms with Crippen LogP contribution in [-0.4, -0.2) is 62.7 Å². The van der Waals surface area contributed by atoms with Crippen LogP contribution in [-0.2, 0) is 9.53 Å². The summed E-state index contributed by atoms with van der Waals surface area (Å²) in [6.45, 7) is 8.34. The Morgan fingerprint density at radius 2 is 1.63 bits per heavy atom. The summed E-state index contributed by atoms with van der Waals surface area (Å²) in [7, 11) is 0. The number of ether oxygens (including phenoxy) is 2. The summed E-state index contributed by atoms with van der Waals surface area (Å²) in [6, 6.07) is 14.8. The van der Waals surface area contributed by atoms with Crippen LogP contribution in [0.25, 0.3) is 0 Å². The SMILES string of the molecule is CCOC(=O)c1ccc(NC(=O)CN2CCN(c3ccccc3OCC)CC2)cc1. The molecule has 1 heterocycles. The Morgan fingerprint density at radius 3 is 2.30 bits per heavy atom. The van der Waals surface area contributed by atoms with E-state index >= 15 is 0 Å². The molecule has 1 N–H and O–H groups in total. The summed E-state index contributed by atoms with van der Waals surface area (Å²) >= 11 is 0. The van der Waals surface area contributed by atoms with E-state index in [1.54, 1.807) is 31.2 Å². The van der Waals surface area contributed by atoms with E-state index in [1.165, 1.54) is 0 Å². The third kappa shape index (κ3) is 5.73. The van der Waals surface area contributed by atoms with E-state index in [4.69, 9.17) is 9.47 Å². The predicted octanol–water partition coefficient (Wildman–Crippen LogP) is 3.02. The van der Waals surface area contributed by atoms with E-state index in [0.717, 1.165) is 37.6 Å². The first-order chi connectivity index (χ1) is 14.6. The summed E-state index contributed by atoms with van der Waals surface area (Å²) < 4.78 is 10.7. The summed E-state index contributed by atoms with van der Waals surface area (Å²) in [5, 5.41) is 2.89. The quantitative estimate of drug-likeness (QED) is 0.674. The molecule has 7 nitrogen and oxygen atoms in total. The standard InChI is InChI=1S/C23H29N3O4/c1-3-29-21-8-6-5-7-20(21)26-15-13-25(14-16-26)17-22(27)24-19-11-9-18(10-12-19)23(28)30-4-2/h5-12H,3-4,13-17H2,1-2H3,(H,24,27). The van der Waals surface area contributed by atoms with Gasteiger partial charge in [-0.05, 0) is 50.2 Å². The zero-order chi connectivity index (χ0) is 21.3. The number of anilines is 2. The highest BCUT2D eigenvalue weighted by Crippen LogP contribution is 2.28. The number of piperazine rings is 1. The van der Waals surface area contributed by atoms with Crippen molar-refractivity contribution in [1.82, 2.24) is 4.90 Å². The summed E-state index contributed by atoms with van der Waals surface area (Å²) in [6.07, 6.45) is 0. The number of carbonyl (C=O) groups is 2. The Hall–Kier alpha value is -3.06. The molecule has 1 fully saturated rings. The largest absolute Gasteiger partial charge is 0.492 e. The topological polar surface area (TPSA) is 71.1 Å². The van der Waals surface area contributed by atoms with Crippen molar-refractivity contribution in [1.29, 1.82) is 0 Å². The van der Waals surface area contributed by atoms with Gasteiger partial charge in [0, 0.05) is 31.9 Å². The molecule has 0 atom stereocenters. The number of benzene rings is 2. The van der Waals surface area contributed by atoms with Crippen molar-refractivity contribution in [2.45, 2.75) is 13.8 Å². The maximum absolute atomic E-state index is 12.4. The van der Waals surface area contributed by atoms with E-state index in [0.29, 0.717) is 31.0 Å². The molecular formula is C23H29N3O4. The molecule has 0 aromatic heterocycles. The van der Waals surface area contributed by atoms with Crippen molar-refractivity contribution in [3.05, 3.63) is 54.1 Å². The number of amides is 1. The highest BCUT2D eigenvalue weighted by molar-refractivity contribution is 5.94. The first-order valence-electron chi connectivity index (χ1n) is 10.4. The lowest BCUT2D eigenvalue weighted by Crippen LogP contribution is -2.48. The molecule has 1 aliphatic heterocycles. The maximum Gasteiger partial charge on any atom is 0.338 e. The number of rotatable bonds is 8. The van der Waals surface area contributed by atoms with Crippen LogP contribution in [0.5, 0.6) is 5.75 Å². The maximum atomic E-state index is 12.4. The van der Waals surface area contributed by atoms with Crippen LogP contribution in [0.15, 0.2) is 48.5 Å². The van der Waals surface area contributed by atoms with Crippen LogP contribution in [0.3, 0.4) is 0 Å². The molecule has 7 heteroatoms. The predicted molar refractivity (Wildman–Crippen MR) is 117 cm³/mol. The van der Waals surface area contributed by atoms with E-state index in [-0.39, 0.29) is 11.9 Å². The molecular weight excluding hydrogens is 382 g/mol. The van der Waals surface area contributed by atoms with Gasteiger partial charge in [-0.1, -0.05) is 12.1 Å². The third-order valence-corrected chi connectivity index (χ3v) is 4.93. The normalized spacial score (nSPS) is 14.3. The zero-order valence-corrected chi connectivity index (χ0v) is 17.6. The van der Waals surface area contributed by atoms with E-state index in [9.17, 15) is 9.59 Å². The highest BCUT2D eigenvalue weighted by Gasteiger charge is 2.21. The van der Waals surface area contributed by atoms with Gasteiger partial charge >= 0.3 is 5.97 Å². The Morgan fingerprint density at radius 1 is 0.933 bits per heavy atom. The zero-order valence-electron chi connectivity index (χ0n) is 17.6. The van der Waals surface area contributed by atoms with E-state index in [2.05, 4.69) is 21.2 Å². The first-order valence-corrected chi connectivity index (χ1v) is 10.4. The van der Waals surface area contributed by atoms with Gasteiger partial charge in [0.15, 0.2) is 0 Å². The van der Waals surface area contributed by atoms with Gasteiger partial charge in [-0.3, -0.25) is 9.69 Å². The van der Waals surface area contributed by atoms with Gasteiger partial charge in [-0.2, -0.15) is 0 Å². The third-order valence-electron chi connectivity index (χ3n) is 4.93. The van der Waals surface area contributed by atoms with Gasteiger partial charge in [0.05, 0.1) is 31.0 Å². The monoisotopic (exact) mass is 411 g/mol. The van der Waals surface area contributed by atoms with Crippen molar-refractivity contribution >= 4 is 23.3 Å². The number of carbonyl (C=O) groups excluding carboxylic acids is 2. The molecule has 1 saturated heterocycles. The second-order valence-corrected chi connectivity index (χ2v) is 7.01. The Labute approximate surface area is 177 Å². The van der Waals surface area contributed by atoms with Crippen LogP contribution in [0.1, 0.15) is 24.2 Å². The van der Waals surface area contributed by atoms with Crippen molar-refractivity contribution < 1.29 is 19.1 Å². The Bertz CT molecular complexity index is 846. The smallest absolute Gasteiger partial charge is 0.338 e. The van der Waals surface area contributed by atoms with Crippen molar-refractivity contribution in [3.63, 3.8) is 0 Å². The molecule has 160 valence electrons. The highest BCUT2D eigenvalue weighted by atomic mass is 16.5. The molecule has 0 bridgehead atoms. The van der Waals surface area contributed by atoms with E-state index in [1.807, 2.05) is 25.1 Å². The summed E-state index contributed by atoms with van der Waals surface area (Å²) in [5.41, 5.74) is 2.24. The van der Waals surface area contributed by atoms with Gasteiger partial charge in [-0.15, -0.1) is 0 Å². The fraction of sp³-hybridized carbons (Fsp3) is 0.391. The average molecular weight is 412 g/mol. The number of nitrogens with zero attached hydrogens (tertiary/aromatic N) is 2. The molecule has 30 heavy (non-hydrogen) atoms. The molecule has 2 aromatic rings. The minimum Gasteiger partial charge on any atom is -0.492 e. The number of hydrogen-bond donors (Lipinski definition) is 1. The van der Waals surface area contributed by atoms with Gasteiger partial charge in [-0.25, -0.2) is 4.79 Å². The molecule has 2 aromatic carbocycles. The van der Waals surface area contributed by atoms with Crippen LogP contribution >= 0.6 is 0 Å². The van der Waals surface area contributed by atoms with Gasteiger partial charge in [0.1, 0.15) is 5.75 Å². The Kier molecular flexibility index (Phi) is 7.68. The van der Waals surface area contributed by atoms with Crippen LogP contribution in [0.4, 0.5) is 11.4 Å². The van der Waals surface area contributed by atoms with Crippen LogP contribution < -0.4 is 15.0 Å². The van der Waals surface area contributed by atoms with E-state index < -0.39 is 0 Å². The van der Waals surface area contributed by atoms with Gasteiger partial charge in [0.25, 0.3) is 0 Å². The lowest BCUT2D eigenvalue weighted by Gasteiger charge is -2.36. The number of esters is 1. The first kappa shape index (κ1) is 21.6. The van der Waals surface area contributed by atoms with Crippen molar-refractivity contribution in [2.24, 2.45) is 0 Å². The lowest BCUT2D eigenvalue weighted by atomic mass is 10.2. The number of nitrogens with one attached hydrogen (secondary N) is 1. The molecule has 0 saturated carbocycles. The molecule has 0 unspecified atom stereocenters. The minimum absolute atomic E-state index is 0.0675. The number of para-hydroxylation sites is 2. The van der Waals surface area contributed by atoms with Crippen molar-refractivity contribution in [3.8, 4) is 5.75 Å². The molecule has 0 spiro atoms. The summed E-state index contributed by atoms with van der Waals surface area (Å²) in [4.78, 5) is 28.6. The fourth-order valence-electron chi connectivity index (χ4n) is 3.45. The molecule has 0 aliphatic carbocycles. The molecule has 1 amide bonds. The average Bonchev–Trinajstić information content (AvgIpc) is 2.76. The molecule has 0 radical (unpaired) electrons. The van der Waals surface area contributed by atoms with Crippen LogP contribution in [0.2, 0.25) is 0 Å². The minimum atomic E-state index is -0.362. The summed E-state index contributed by atoms with van der Waals surface area (Å²) in [5.74, 6) is 0.471. The van der Waals surface area contributed by atoms with Gasteiger partial charge < -0.3 is 19.7 Å². The number of hydrogen-bond acceptors (Lipinski definition) is 6. The van der Waals surface area contributed by atoms with Crippen LogP contribution in [0, 0.1) is 0 Å². The lowest BCUT2D eigenvalue weighted by molar-refractivity contribution is -0.117. The molecule has 1 aliphatic rings. The van der Waals surface area contributed by atoms with Gasteiger partial charge in [0.2, 0.25) is 5.91 Å². The second-order valence-electron chi connectivity index (χ2n) is 7.01. The van der Waals surface area contributed by atoms with Crippen molar-refractivity contribution in [2.75, 3.05) is 56.2 Å². The second kappa shape index (κ2) is 10.6.